The normalized spacial score (nSPS) is 15.7. The molecule has 120 valence electrons. The number of rotatable bonds is 1. The van der Waals surface area contributed by atoms with E-state index in [1.165, 1.54) is 11.3 Å². The lowest BCUT2D eigenvalue weighted by Gasteiger charge is -2.26. The molecule has 1 aromatic carbocycles. The Morgan fingerprint density at radius 1 is 1.26 bits per heavy atom. The predicted octanol–water partition coefficient (Wildman–Crippen LogP) is 4.29. The average molecular weight is 369 g/mol. The van der Waals surface area contributed by atoms with Crippen molar-refractivity contribution in [3.05, 3.63) is 33.7 Å². The lowest BCUT2D eigenvalue weighted by atomic mass is 10.1. The summed E-state index contributed by atoms with van der Waals surface area (Å²) in [6, 6.07) is 5.72. The number of hydrogen-bond acceptors (Lipinski definition) is 3. The van der Waals surface area contributed by atoms with Gasteiger partial charge in [-0.25, -0.2) is 4.09 Å². The molecule has 0 unspecified atom stereocenters. The smallest absolute Gasteiger partial charge is 0.264 e. The zero-order chi connectivity index (χ0) is 16.1. The van der Waals surface area contributed by atoms with Crippen LogP contribution in [0.1, 0.15) is 15.2 Å². The van der Waals surface area contributed by atoms with Gasteiger partial charge in [0.1, 0.15) is 4.83 Å². The lowest BCUT2D eigenvalue weighted by molar-refractivity contribution is 0.0306. The molecule has 0 radical (unpaired) electrons. The molecule has 2 aromatic heterocycles. The van der Waals surface area contributed by atoms with Crippen LogP contribution in [0.3, 0.4) is 0 Å². The average Bonchev–Trinajstić information content (AvgIpc) is 3.07. The fraction of sp³-hybridized carbons (Fsp3) is 0.312. The summed E-state index contributed by atoms with van der Waals surface area (Å²) in [4.78, 5) is 16.1. The molecule has 3 aromatic rings. The van der Waals surface area contributed by atoms with Crippen LogP contribution in [0.4, 0.5) is 0 Å². The standard InChI is InChI=1S/C16H14Cl2N2O2S/c1-9-6-10(17)7-12-14(9)11-8-13(23-16(11)20(12)18)15(21)19-2-4-22-5-3-19/h6-8H,2-5H2,1H3. The first-order chi connectivity index (χ1) is 11.1. The molecule has 0 bridgehead atoms. The number of ether oxygens (including phenoxy) is 1. The van der Waals surface area contributed by atoms with Gasteiger partial charge in [-0.2, -0.15) is 0 Å². The predicted molar refractivity (Wildman–Crippen MR) is 95.0 cm³/mol. The molecule has 0 atom stereocenters. The number of nitrogens with zero attached hydrogens (tertiary/aromatic N) is 2. The van der Waals surface area contributed by atoms with Crippen LogP contribution in [0.5, 0.6) is 0 Å². The molecule has 1 saturated heterocycles. The molecule has 1 amide bonds. The summed E-state index contributed by atoms with van der Waals surface area (Å²) >= 11 is 14.0. The van der Waals surface area contributed by atoms with Gasteiger partial charge in [0.05, 0.1) is 23.6 Å². The number of carbonyl (C=O) groups excluding carboxylic acids is 1. The van der Waals surface area contributed by atoms with Crippen LogP contribution in [0.2, 0.25) is 5.02 Å². The van der Waals surface area contributed by atoms with Crippen LogP contribution >= 0.6 is 34.7 Å². The van der Waals surface area contributed by atoms with Crippen molar-refractivity contribution in [2.24, 2.45) is 0 Å². The maximum atomic E-state index is 12.7. The van der Waals surface area contributed by atoms with E-state index < -0.39 is 0 Å². The van der Waals surface area contributed by atoms with Crippen LogP contribution in [0, 0.1) is 6.92 Å². The Kier molecular flexibility index (Phi) is 3.76. The monoisotopic (exact) mass is 368 g/mol. The van der Waals surface area contributed by atoms with Gasteiger partial charge in [0, 0.05) is 40.7 Å². The SMILES string of the molecule is Cc1cc(Cl)cc2c1c1cc(C(=O)N3CCOCC3)sc1n2Cl. The summed E-state index contributed by atoms with van der Waals surface area (Å²) in [5.41, 5.74) is 1.93. The Labute approximate surface area is 147 Å². The number of amides is 1. The van der Waals surface area contributed by atoms with Crippen molar-refractivity contribution in [2.75, 3.05) is 26.3 Å². The molecule has 0 N–H and O–H groups in total. The van der Waals surface area contributed by atoms with E-state index in [0.717, 1.165) is 26.7 Å². The minimum absolute atomic E-state index is 0.0472. The van der Waals surface area contributed by atoms with Crippen molar-refractivity contribution in [1.29, 1.82) is 0 Å². The first-order valence-corrected chi connectivity index (χ1v) is 8.87. The van der Waals surface area contributed by atoms with Gasteiger partial charge in [-0.3, -0.25) is 4.79 Å². The molecular formula is C16H14Cl2N2O2S. The van der Waals surface area contributed by atoms with Gasteiger partial charge < -0.3 is 9.64 Å². The molecule has 1 aliphatic heterocycles. The van der Waals surface area contributed by atoms with Crippen LogP contribution in [0.25, 0.3) is 21.1 Å². The second-order valence-electron chi connectivity index (χ2n) is 5.63. The topological polar surface area (TPSA) is 34.5 Å². The number of morpholine rings is 1. The van der Waals surface area contributed by atoms with E-state index in [0.29, 0.717) is 36.2 Å². The van der Waals surface area contributed by atoms with Gasteiger partial charge in [0.25, 0.3) is 5.91 Å². The van der Waals surface area contributed by atoms with E-state index in [2.05, 4.69) is 0 Å². The summed E-state index contributed by atoms with van der Waals surface area (Å²) in [5, 5.41) is 2.72. The second kappa shape index (κ2) is 5.67. The molecule has 1 fully saturated rings. The number of benzene rings is 1. The van der Waals surface area contributed by atoms with Gasteiger partial charge in [0.15, 0.2) is 0 Å². The fourth-order valence-electron chi connectivity index (χ4n) is 3.07. The zero-order valence-electron chi connectivity index (χ0n) is 12.4. The van der Waals surface area contributed by atoms with Gasteiger partial charge >= 0.3 is 0 Å². The van der Waals surface area contributed by atoms with Gasteiger partial charge in [-0.05, 0) is 30.7 Å². The van der Waals surface area contributed by atoms with Crippen molar-refractivity contribution in [2.45, 2.75) is 6.92 Å². The van der Waals surface area contributed by atoms with Crippen LogP contribution in [-0.2, 0) is 4.74 Å². The summed E-state index contributed by atoms with van der Waals surface area (Å²) < 4.78 is 6.91. The summed E-state index contributed by atoms with van der Waals surface area (Å²) in [5.74, 6) is 0.0472. The van der Waals surface area contributed by atoms with Crippen LogP contribution < -0.4 is 0 Å². The molecule has 4 nitrogen and oxygen atoms in total. The molecule has 4 rings (SSSR count). The Hall–Kier alpha value is -1.27. The van der Waals surface area contributed by atoms with Gasteiger partial charge in [-0.1, -0.05) is 11.6 Å². The Morgan fingerprint density at radius 2 is 2.00 bits per heavy atom. The van der Waals surface area contributed by atoms with Crippen molar-refractivity contribution in [3.8, 4) is 0 Å². The Balaban J connectivity index is 1.85. The zero-order valence-corrected chi connectivity index (χ0v) is 14.8. The molecule has 23 heavy (non-hydrogen) atoms. The third kappa shape index (κ3) is 2.43. The molecule has 3 heterocycles. The quantitative estimate of drug-likeness (QED) is 0.641. The van der Waals surface area contributed by atoms with E-state index in [-0.39, 0.29) is 5.91 Å². The maximum Gasteiger partial charge on any atom is 0.264 e. The highest BCUT2D eigenvalue weighted by molar-refractivity contribution is 7.21. The number of thiophene rings is 1. The van der Waals surface area contributed by atoms with E-state index in [1.54, 1.807) is 4.09 Å². The van der Waals surface area contributed by atoms with Crippen molar-refractivity contribution in [1.82, 2.24) is 8.99 Å². The molecule has 7 heteroatoms. The van der Waals surface area contributed by atoms with Crippen LogP contribution in [0.15, 0.2) is 18.2 Å². The third-order valence-electron chi connectivity index (χ3n) is 4.16. The lowest BCUT2D eigenvalue weighted by Crippen LogP contribution is -2.40. The van der Waals surface area contributed by atoms with Crippen molar-refractivity contribution in [3.63, 3.8) is 0 Å². The summed E-state index contributed by atoms with van der Waals surface area (Å²) in [7, 11) is 0. The van der Waals surface area contributed by atoms with Crippen molar-refractivity contribution < 1.29 is 9.53 Å². The van der Waals surface area contributed by atoms with Gasteiger partial charge in [-0.15, -0.1) is 11.3 Å². The number of aromatic nitrogens is 1. The number of aryl methyl sites for hydroxylation is 1. The van der Waals surface area contributed by atoms with E-state index in [4.69, 9.17) is 28.1 Å². The van der Waals surface area contributed by atoms with E-state index in [1.807, 2.05) is 30.0 Å². The Bertz CT molecular complexity index is 925. The van der Waals surface area contributed by atoms with Crippen molar-refractivity contribution >= 4 is 61.7 Å². The van der Waals surface area contributed by atoms with E-state index >= 15 is 0 Å². The molecular weight excluding hydrogens is 355 g/mol. The van der Waals surface area contributed by atoms with Crippen LogP contribution in [-0.4, -0.2) is 41.2 Å². The second-order valence-corrected chi connectivity index (χ2v) is 7.44. The van der Waals surface area contributed by atoms with Gasteiger partial charge in [0.2, 0.25) is 0 Å². The highest BCUT2D eigenvalue weighted by Gasteiger charge is 2.23. The molecule has 0 spiro atoms. The largest absolute Gasteiger partial charge is 0.378 e. The first kappa shape index (κ1) is 15.3. The highest BCUT2D eigenvalue weighted by atomic mass is 35.5. The molecule has 1 aliphatic rings. The number of halogens is 2. The number of hydrogen-bond donors (Lipinski definition) is 0. The third-order valence-corrected chi connectivity index (χ3v) is 5.94. The molecule has 0 saturated carbocycles. The number of fused-ring (bicyclic) bond motifs is 3. The first-order valence-electron chi connectivity index (χ1n) is 7.33. The summed E-state index contributed by atoms with van der Waals surface area (Å²) in [6.45, 7) is 4.47. The van der Waals surface area contributed by atoms with E-state index in [9.17, 15) is 4.79 Å². The fourth-order valence-corrected chi connectivity index (χ4v) is 4.72. The maximum absolute atomic E-state index is 12.7. The molecule has 0 aliphatic carbocycles. The minimum atomic E-state index is 0.0472. The minimum Gasteiger partial charge on any atom is -0.378 e. The summed E-state index contributed by atoms with van der Waals surface area (Å²) in [6.07, 6.45) is 0. The highest BCUT2D eigenvalue weighted by Crippen LogP contribution is 2.39. The Morgan fingerprint density at radius 3 is 2.74 bits per heavy atom. The number of carbonyl (C=O) groups is 1.